The molecule has 1 N–H and O–H groups in total. The average molecular weight is 273 g/mol. The van der Waals surface area contributed by atoms with E-state index in [1.165, 1.54) is 12.1 Å². The van der Waals surface area contributed by atoms with Gasteiger partial charge in [0, 0.05) is 13.5 Å². The first-order valence-electron chi connectivity index (χ1n) is 5.92. The molecule has 0 aliphatic rings. The Bertz CT molecular complexity index is 724. The lowest BCUT2D eigenvalue weighted by molar-refractivity contribution is 0.626. The standard InChI is InChI=1S/C14H12FN3S/c1-16-13-11-5-6-19-14(11)18-12(17-13)8-9-3-2-4-10(15)7-9/h2-7H,8H2,1H3,(H,16,17,18). The molecule has 3 aromatic rings. The molecule has 1 aromatic carbocycles. The van der Waals surface area contributed by atoms with Crippen molar-refractivity contribution in [2.45, 2.75) is 6.42 Å². The van der Waals surface area contributed by atoms with Gasteiger partial charge in [0.25, 0.3) is 0 Å². The van der Waals surface area contributed by atoms with E-state index >= 15 is 0 Å². The Labute approximate surface area is 114 Å². The Kier molecular flexibility index (Phi) is 3.13. The molecule has 19 heavy (non-hydrogen) atoms. The fourth-order valence-corrected chi connectivity index (χ4v) is 2.78. The highest BCUT2D eigenvalue weighted by atomic mass is 32.1. The second kappa shape index (κ2) is 4.93. The SMILES string of the molecule is CNc1nc(Cc2cccc(F)c2)nc2sccc12. The van der Waals surface area contributed by atoms with Gasteiger partial charge in [-0.15, -0.1) is 11.3 Å². The van der Waals surface area contributed by atoms with Crippen molar-refractivity contribution in [2.75, 3.05) is 12.4 Å². The van der Waals surface area contributed by atoms with Gasteiger partial charge in [0.05, 0.1) is 5.39 Å². The van der Waals surface area contributed by atoms with E-state index in [0.717, 1.165) is 21.6 Å². The summed E-state index contributed by atoms with van der Waals surface area (Å²) in [5.74, 6) is 1.28. The molecule has 3 rings (SSSR count). The minimum absolute atomic E-state index is 0.233. The first kappa shape index (κ1) is 12.0. The molecule has 96 valence electrons. The predicted molar refractivity (Wildman–Crippen MR) is 76.2 cm³/mol. The number of hydrogen-bond acceptors (Lipinski definition) is 4. The summed E-state index contributed by atoms with van der Waals surface area (Å²) in [4.78, 5) is 9.94. The molecule has 2 aromatic heterocycles. The second-order valence-electron chi connectivity index (χ2n) is 4.18. The van der Waals surface area contributed by atoms with Crippen LogP contribution in [0.25, 0.3) is 10.2 Å². The van der Waals surface area contributed by atoms with E-state index in [9.17, 15) is 4.39 Å². The van der Waals surface area contributed by atoms with Crippen molar-refractivity contribution >= 4 is 27.4 Å². The fraction of sp³-hybridized carbons (Fsp3) is 0.143. The van der Waals surface area contributed by atoms with E-state index < -0.39 is 0 Å². The van der Waals surface area contributed by atoms with E-state index in [4.69, 9.17) is 0 Å². The summed E-state index contributed by atoms with van der Waals surface area (Å²) in [6.07, 6.45) is 0.528. The summed E-state index contributed by atoms with van der Waals surface area (Å²) in [5.41, 5.74) is 0.873. The minimum Gasteiger partial charge on any atom is -0.372 e. The van der Waals surface area contributed by atoms with Crippen LogP contribution in [0.1, 0.15) is 11.4 Å². The monoisotopic (exact) mass is 273 g/mol. The first-order chi connectivity index (χ1) is 9.26. The van der Waals surface area contributed by atoms with Gasteiger partial charge in [0.15, 0.2) is 0 Å². The van der Waals surface area contributed by atoms with Gasteiger partial charge in [0.2, 0.25) is 0 Å². The summed E-state index contributed by atoms with van der Waals surface area (Å²) < 4.78 is 13.2. The van der Waals surface area contributed by atoms with Crippen LogP contribution in [-0.2, 0) is 6.42 Å². The van der Waals surface area contributed by atoms with Crippen molar-refractivity contribution in [1.29, 1.82) is 0 Å². The molecule has 5 heteroatoms. The largest absolute Gasteiger partial charge is 0.372 e. The zero-order chi connectivity index (χ0) is 13.2. The van der Waals surface area contributed by atoms with Crippen LogP contribution >= 0.6 is 11.3 Å². The van der Waals surface area contributed by atoms with Gasteiger partial charge in [-0.3, -0.25) is 0 Å². The Morgan fingerprint density at radius 3 is 2.95 bits per heavy atom. The number of benzene rings is 1. The summed E-state index contributed by atoms with van der Waals surface area (Å²) in [6, 6.07) is 8.53. The molecule has 2 heterocycles. The van der Waals surface area contributed by atoms with Gasteiger partial charge in [0.1, 0.15) is 22.3 Å². The highest BCUT2D eigenvalue weighted by Crippen LogP contribution is 2.25. The third kappa shape index (κ3) is 2.42. The van der Waals surface area contributed by atoms with E-state index in [1.807, 2.05) is 24.6 Å². The van der Waals surface area contributed by atoms with Crippen LogP contribution in [-0.4, -0.2) is 17.0 Å². The number of nitrogens with one attached hydrogen (secondary N) is 1. The van der Waals surface area contributed by atoms with Crippen LogP contribution in [0, 0.1) is 5.82 Å². The number of nitrogens with zero attached hydrogens (tertiary/aromatic N) is 2. The van der Waals surface area contributed by atoms with E-state index in [0.29, 0.717) is 12.2 Å². The van der Waals surface area contributed by atoms with Crippen LogP contribution in [0.2, 0.25) is 0 Å². The molecule has 3 nitrogen and oxygen atoms in total. The van der Waals surface area contributed by atoms with Crippen LogP contribution in [0.4, 0.5) is 10.2 Å². The highest BCUT2D eigenvalue weighted by Gasteiger charge is 2.08. The number of thiophene rings is 1. The summed E-state index contributed by atoms with van der Waals surface area (Å²) >= 11 is 1.58. The lowest BCUT2D eigenvalue weighted by Crippen LogP contribution is -2.01. The molecule has 0 aliphatic carbocycles. The fourth-order valence-electron chi connectivity index (χ4n) is 2.00. The van der Waals surface area contributed by atoms with Crippen molar-refractivity contribution in [3.05, 3.63) is 52.9 Å². The van der Waals surface area contributed by atoms with Crippen molar-refractivity contribution in [1.82, 2.24) is 9.97 Å². The second-order valence-corrected chi connectivity index (χ2v) is 5.08. The number of rotatable bonds is 3. The van der Waals surface area contributed by atoms with Gasteiger partial charge in [-0.25, -0.2) is 14.4 Å². The van der Waals surface area contributed by atoms with Crippen LogP contribution in [0.15, 0.2) is 35.7 Å². The maximum Gasteiger partial charge on any atom is 0.138 e. The molecular formula is C14H12FN3S. The Balaban J connectivity index is 2.01. The molecule has 0 amide bonds. The van der Waals surface area contributed by atoms with Crippen molar-refractivity contribution in [3.8, 4) is 0 Å². The van der Waals surface area contributed by atoms with Gasteiger partial charge in [-0.1, -0.05) is 12.1 Å². The van der Waals surface area contributed by atoms with E-state index in [1.54, 1.807) is 17.4 Å². The summed E-state index contributed by atoms with van der Waals surface area (Å²) in [5, 5.41) is 6.09. The molecule has 0 radical (unpaired) electrons. The number of hydrogen-bond donors (Lipinski definition) is 1. The maximum absolute atomic E-state index is 13.2. The zero-order valence-electron chi connectivity index (χ0n) is 10.4. The van der Waals surface area contributed by atoms with Gasteiger partial charge in [-0.2, -0.15) is 0 Å². The normalized spacial score (nSPS) is 10.8. The third-order valence-electron chi connectivity index (χ3n) is 2.86. The van der Waals surface area contributed by atoms with Gasteiger partial charge in [-0.05, 0) is 29.1 Å². The molecule has 0 aliphatic heterocycles. The topological polar surface area (TPSA) is 37.8 Å². The molecule has 0 bridgehead atoms. The maximum atomic E-state index is 13.2. The van der Waals surface area contributed by atoms with E-state index in [-0.39, 0.29) is 5.82 Å². The molecule has 0 atom stereocenters. The minimum atomic E-state index is -0.233. The Morgan fingerprint density at radius 2 is 2.16 bits per heavy atom. The summed E-state index contributed by atoms with van der Waals surface area (Å²) in [6.45, 7) is 0. The zero-order valence-corrected chi connectivity index (χ0v) is 11.2. The predicted octanol–water partition coefficient (Wildman–Crippen LogP) is 3.46. The lowest BCUT2D eigenvalue weighted by atomic mass is 10.1. The molecule has 0 saturated heterocycles. The van der Waals surface area contributed by atoms with Crippen LogP contribution < -0.4 is 5.32 Å². The third-order valence-corrected chi connectivity index (χ3v) is 3.67. The first-order valence-corrected chi connectivity index (χ1v) is 6.80. The molecular weight excluding hydrogens is 261 g/mol. The van der Waals surface area contributed by atoms with Crippen molar-refractivity contribution in [3.63, 3.8) is 0 Å². The Morgan fingerprint density at radius 1 is 1.26 bits per heavy atom. The number of aromatic nitrogens is 2. The molecule has 0 fully saturated rings. The van der Waals surface area contributed by atoms with Crippen molar-refractivity contribution in [2.24, 2.45) is 0 Å². The molecule has 0 saturated carbocycles. The van der Waals surface area contributed by atoms with Gasteiger partial charge < -0.3 is 5.32 Å². The van der Waals surface area contributed by atoms with Gasteiger partial charge >= 0.3 is 0 Å². The quantitative estimate of drug-likeness (QED) is 0.794. The average Bonchev–Trinajstić information content (AvgIpc) is 2.86. The lowest BCUT2D eigenvalue weighted by Gasteiger charge is -2.05. The Hall–Kier alpha value is -2.01. The highest BCUT2D eigenvalue weighted by molar-refractivity contribution is 7.16. The molecule has 0 unspecified atom stereocenters. The number of anilines is 1. The van der Waals surface area contributed by atoms with E-state index in [2.05, 4.69) is 15.3 Å². The molecule has 0 spiro atoms. The smallest absolute Gasteiger partial charge is 0.138 e. The van der Waals surface area contributed by atoms with Crippen molar-refractivity contribution < 1.29 is 4.39 Å². The van der Waals surface area contributed by atoms with Crippen LogP contribution in [0.5, 0.6) is 0 Å². The van der Waals surface area contributed by atoms with Crippen LogP contribution in [0.3, 0.4) is 0 Å². The summed E-state index contributed by atoms with van der Waals surface area (Å²) in [7, 11) is 1.84. The number of fused-ring (bicyclic) bond motifs is 1. The number of halogens is 1.